The maximum absolute atomic E-state index is 12.6. The van der Waals surface area contributed by atoms with E-state index in [1.54, 1.807) is 37.4 Å². The second-order valence-electron chi connectivity index (χ2n) is 7.31. The van der Waals surface area contributed by atoms with Crippen LogP contribution in [0.5, 0.6) is 0 Å². The van der Waals surface area contributed by atoms with Gasteiger partial charge in [-0.25, -0.2) is 13.2 Å². The van der Waals surface area contributed by atoms with Gasteiger partial charge in [0.15, 0.2) is 0 Å². The van der Waals surface area contributed by atoms with Gasteiger partial charge in [0.2, 0.25) is 0 Å². The van der Waals surface area contributed by atoms with Crippen molar-refractivity contribution in [1.82, 2.24) is 9.78 Å². The van der Waals surface area contributed by atoms with Gasteiger partial charge in [0.25, 0.3) is 10.0 Å². The Hall–Kier alpha value is -3.33. The molecule has 8 nitrogen and oxygen atoms in total. The molecule has 9 heteroatoms. The number of sulfonamides is 1. The highest BCUT2D eigenvalue weighted by atomic mass is 32.2. The molecule has 1 heterocycles. The van der Waals surface area contributed by atoms with Crippen LogP contribution in [0.25, 0.3) is 0 Å². The Bertz CT molecular complexity index is 1170. The highest BCUT2D eigenvalue weighted by molar-refractivity contribution is 7.92. The first-order valence-electron chi connectivity index (χ1n) is 9.91. The van der Waals surface area contributed by atoms with E-state index in [4.69, 9.17) is 0 Å². The highest BCUT2D eigenvalue weighted by Crippen LogP contribution is 2.27. The standard InChI is InChI=1S/C22H26N4O4S/c1-4-12-26-18(13-16(2)23-26)15-25(3)21-11-10-17(14-20(21)22(27)28)24-31(29,30)19-8-6-5-7-9-19/h5-11,13-14,24H,4,12,15H2,1-3H3,(H,27,28). The molecule has 2 N–H and O–H groups in total. The van der Waals surface area contributed by atoms with Crippen LogP contribution in [-0.2, 0) is 23.1 Å². The lowest BCUT2D eigenvalue weighted by Crippen LogP contribution is -2.22. The van der Waals surface area contributed by atoms with E-state index < -0.39 is 16.0 Å². The molecule has 0 saturated heterocycles. The molecule has 0 aliphatic carbocycles. The molecule has 3 aromatic rings. The average Bonchev–Trinajstić information content (AvgIpc) is 3.07. The number of aryl methyl sites for hydroxylation is 2. The maximum atomic E-state index is 12.6. The highest BCUT2D eigenvalue weighted by Gasteiger charge is 2.19. The fraction of sp³-hybridized carbons (Fsp3) is 0.273. The second kappa shape index (κ2) is 9.22. The van der Waals surface area contributed by atoms with Crippen molar-refractivity contribution >= 4 is 27.4 Å². The summed E-state index contributed by atoms with van der Waals surface area (Å²) in [5.41, 5.74) is 2.56. The summed E-state index contributed by atoms with van der Waals surface area (Å²) in [6, 6.07) is 14.4. The largest absolute Gasteiger partial charge is 0.478 e. The summed E-state index contributed by atoms with van der Waals surface area (Å²) in [6.07, 6.45) is 0.939. The topological polar surface area (TPSA) is 105 Å². The summed E-state index contributed by atoms with van der Waals surface area (Å²) < 4.78 is 29.5. The van der Waals surface area contributed by atoms with Crippen molar-refractivity contribution in [3.05, 3.63) is 71.5 Å². The molecule has 164 valence electrons. The number of nitrogens with one attached hydrogen (secondary N) is 1. The predicted octanol–water partition coefficient (Wildman–Crippen LogP) is 3.74. The van der Waals surface area contributed by atoms with Gasteiger partial charge in [-0.1, -0.05) is 25.1 Å². The third-order valence-electron chi connectivity index (χ3n) is 4.76. The van der Waals surface area contributed by atoms with Crippen LogP contribution < -0.4 is 9.62 Å². The first-order valence-corrected chi connectivity index (χ1v) is 11.4. The Morgan fingerprint density at radius 3 is 2.52 bits per heavy atom. The zero-order valence-corrected chi connectivity index (χ0v) is 18.6. The Labute approximate surface area is 182 Å². The molecular formula is C22H26N4O4S. The van der Waals surface area contributed by atoms with Crippen molar-refractivity contribution in [2.45, 2.75) is 38.3 Å². The van der Waals surface area contributed by atoms with Gasteiger partial charge in [-0.3, -0.25) is 9.40 Å². The van der Waals surface area contributed by atoms with Crippen LogP contribution in [0.1, 0.15) is 35.1 Å². The molecule has 31 heavy (non-hydrogen) atoms. The Morgan fingerprint density at radius 2 is 1.87 bits per heavy atom. The molecule has 0 fully saturated rings. The SMILES string of the molecule is CCCn1nc(C)cc1CN(C)c1ccc(NS(=O)(=O)c2ccccc2)cc1C(=O)O. The number of hydrogen-bond donors (Lipinski definition) is 2. The molecule has 1 aromatic heterocycles. The zero-order valence-electron chi connectivity index (χ0n) is 17.7. The van der Waals surface area contributed by atoms with Gasteiger partial charge in [-0.2, -0.15) is 5.10 Å². The molecule has 0 aliphatic rings. The first-order chi connectivity index (χ1) is 14.7. The number of hydrogen-bond acceptors (Lipinski definition) is 5. The monoisotopic (exact) mass is 442 g/mol. The third-order valence-corrected chi connectivity index (χ3v) is 6.16. The Morgan fingerprint density at radius 1 is 1.16 bits per heavy atom. The van der Waals surface area contributed by atoms with Gasteiger partial charge >= 0.3 is 5.97 Å². The van der Waals surface area contributed by atoms with E-state index in [-0.39, 0.29) is 16.1 Å². The first kappa shape index (κ1) is 22.4. The molecule has 0 bridgehead atoms. The van der Waals surface area contributed by atoms with E-state index in [0.29, 0.717) is 12.2 Å². The van der Waals surface area contributed by atoms with E-state index >= 15 is 0 Å². The van der Waals surface area contributed by atoms with Crippen molar-refractivity contribution in [1.29, 1.82) is 0 Å². The van der Waals surface area contributed by atoms with Crippen molar-refractivity contribution in [2.24, 2.45) is 0 Å². The van der Waals surface area contributed by atoms with Crippen LogP contribution in [0.2, 0.25) is 0 Å². The molecule has 0 amide bonds. The van der Waals surface area contributed by atoms with Crippen LogP contribution in [-0.4, -0.2) is 36.3 Å². The lowest BCUT2D eigenvalue weighted by atomic mass is 10.1. The summed E-state index contributed by atoms with van der Waals surface area (Å²) in [4.78, 5) is 13.8. The minimum absolute atomic E-state index is 0.00837. The number of rotatable bonds is 9. The number of carbonyl (C=O) groups is 1. The van der Waals surface area contributed by atoms with Gasteiger partial charge in [-0.15, -0.1) is 0 Å². The number of aromatic carboxylic acids is 1. The average molecular weight is 443 g/mol. The lowest BCUT2D eigenvalue weighted by molar-refractivity contribution is 0.0697. The Balaban J connectivity index is 1.88. The molecule has 0 atom stereocenters. The molecule has 0 spiro atoms. The van der Waals surface area contributed by atoms with E-state index in [9.17, 15) is 18.3 Å². The minimum atomic E-state index is -3.81. The van der Waals surface area contributed by atoms with Crippen molar-refractivity contribution in [2.75, 3.05) is 16.7 Å². The van der Waals surface area contributed by atoms with E-state index in [2.05, 4.69) is 16.7 Å². The molecule has 0 radical (unpaired) electrons. The number of nitrogens with zero attached hydrogens (tertiary/aromatic N) is 3. The van der Waals surface area contributed by atoms with Gasteiger partial charge in [0.1, 0.15) is 0 Å². The number of carboxylic acids is 1. The van der Waals surface area contributed by atoms with Crippen LogP contribution in [0.4, 0.5) is 11.4 Å². The third kappa shape index (κ3) is 5.24. The lowest BCUT2D eigenvalue weighted by Gasteiger charge is -2.22. The summed E-state index contributed by atoms with van der Waals surface area (Å²) in [5.74, 6) is -1.14. The fourth-order valence-electron chi connectivity index (χ4n) is 3.38. The number of carboxylic acid groups (broad SMARTS) is 1. The van der Waals surface area contributed by atoms with Gasteiger partial charge in [-0.05, 0) is 49.7 Å². The second-order valence-corrected chi connectivity index (χ2v) is 8.99. The van der Waals surface area contributed by atoms with E-state index in [0.717, 1.165) is 24.4 Å². The smallest absolute Gasteiger partial charge is 0.337 e. The van der Waals surface area contributed by atoms with Gasteiger partial charge in [0.05, 0.1) is 34.1 Å². The van der Waals surface area contributed by atoms with Gasteiger partial charge < -0.3 is 10.0 Å². The van der Waals surface area contributed by atoms with Crippen LogP contribution in [0.3, 0.4) is 0 Å². The minimum Gasteiger partial charge on any atom is -0.478 e. The number of anilines is 2. The normalized spacial score (nSPS) is 11.3. The predicted molar refractivity (Wildman–Crippen MR) is 120 cm³/mol. The van der Waals surface area contributed by atoms with Crippen LogP contribution in [0.15, 0.2) is 59.5 Å². The van der Waals surface area contributed by atoms with Crippen LogP contribution >= 0.6 is 0 Å². The maximum Gasteiger partial charge on any atom is 0.337 e. The molecule has 2 aromatic carbocycles. The Kier molecular flexibility index (Phi) is 6.65. The van der Waals surface area contributed by atoms with Gasteiger partial charge in [0, 0.05) is 19.3 Å². The molecular weight excluding hydrogens is 416 g/mol. The summed E-state index contributed by atoms with van der Waals surface area (Å²) >= 11 is 0. The summed E-state index contributed by atoms with van der Waals surface area (Å²) in [6.45, 7) is 5.24. The van der Waals surface area contributed by atoms with Crippen molar-refractivity contribution in [3.8, 4) is 0 Å². The van der Waals surface area contributed by atoms with Crippen molar-refractivity contribution < 1.29 is 18.3 Å². The van der Waals surface area contributed by atoms with Crippen molar-refractivity contribution in [3.63, 3.8) is 0 Å². The molecule has 0 saturated carbocycles. The number of benzene rings is 2. The summed E-state index contributed by atoms with van der Waals surface area (Å²) in [7, 11) is -2.01. The summed E-state index contributed by atoms with van der Waals surface area (Å²) in [5, 5.41) is 14.2. The van der Waals surface area contributed by atoms with Crippen LogP contribution in [0, 0.1) is 6.92 Å². The molecule has 0 aliphatic heterocycles. The van der Waals surface area contributed by atoms with E-state index in [1.165, 1.54) is 18.2 Å². The zero-order chi connectivity index (χ0) is 22.6. The number of aromatic nitrogens is 2. The molecule has 0 unspecified atom stereocenters. The van der Waals surface area contributed by atoms with E-state index in [1.807, 2.05) is 22.6 Å². The molecule has 3 rings (SSSR count). The quantitative estimate of drug-likeness (QED) is 0.523. The fourth-order valence-corrected chi connectivity index (χ4v) is 4.45.